The lowest BCUT2D eigenvalue weighted by Crippen LogP contribution is -2.49. The zero-order chi connectivity index (χ0) is 17.7. The number of piperidine rings is 1. The summed E-state index contributed by atoms with van der Waals surface area (Å²) >= 11 is 0. The van der Waals surface area contributed by atoms with Gasteiger partial charge in [-0.15, -0.1) is 0 Å². The molecule has 134 valence electrons. The Morgan fingerprint density at radius 2 is 2.21 bits per heavy atom. The molecule has 1 N–H and O–H groups in total. The number of hydrogen-bond acceptors (Lipinski definition) is 4. The highest BCUT2D eigenvalue weighted by atomic mass is 32.2. The molecule has 1 aromatic rings. The van der Waals surface area contributed by atoms with Gasteiger partial charge in [-0.25, -0.2) is 17.1 Å². The van der Waals surface area contributed by atoms with Crippen LogP contribution in [0.25, 0.3) is 0 Å². The third kappa shape index (κ3) is 5.17. The van der Waals surface area contributed by atoms with Gasteiger partial charge in [0.2, 0.25) is 15.9 Å². The third-order valence-corrected chi connectivity index (χ3v) is 5.34. The van der Waals surface area contributed by atoms with Gasteiger partial charge in [0.25, 0.3) is 0 Å². The van der Waals surface area contributed by atoms with Gasteiger partial charge in [-0.3, -0.25) is 4.79 Å². The van der Waals surface area contributed by atoms with E-state index >= 15 is 0 Å². The highest BCUT2D eigenvalue weighted by molar-refractivity contribution is 7.88. The summed E-state index contributed by atoms with van der Waals surface area (Å²) in [4.78, 5) is 12.1. The molecule has 0 bridgehead atoms. The minimum Gasteiger partial charge on any atom is -0.494 e. The Hall–Kier alpha value is -1.67. The number of amides is 1. The predicted molar refractivity (Wildman–Crippen MR) is 88.9 cm³/mol. The maximum atomic E-state index is 13.6. The fourth-order valence-electron chi connectivity index (χ4n) is 2.78. The topological polar surface area (TPSA) is 75.7 Å². The van der Waals surface area contributed by atoms with Gasteiger partial charge in [-0.05, 0) is 37.0 Å². The van der Waals surface area contributed by atoms with Gasteiger partial charge in [0.05, 0.1) is 13.4 Å². The van der Waals surface area contributed by atoms with Crippen LogP contribution in [0.15, 0.2) is 18.2 Å². The number of halogens is 1. The number of benzene rings is 1. The van der Waals surface area contributed by atoms with Crippen LogP contribution in [0.4, 0.5) is 4.39 Å². The average molecular weight is 358 g/mol. The monoisotopic (exact) mass is 358 g/mol. The molecule has 1 heterocycles. The molecule has 6 nitrogen and oxygen atoms in total. The Balaban J connectivity index is 1.84. The first-order chi connectivity index (χ1) is 11.3. The number of sulfonamides is 1. The normalized spacial score (nSPS) is 19.0. The molecule has 24 heavy (non-hydrogen) atoms. The summed E-state index contributed by atoms with van der Waals surface area (Å²) in [6, 6.07) is 4.45. The summed E-state index contributed by atoms with van der Waals surface area (Å²) < 4.78 is 43.0. The van der Waals surface area contributed by atoms with Crippen LogP contribution in [0.2, 0.25) is 0 Å². The van der Waals surface area contributed by atoms with Crippen molar-refractivity contribution >= 4 is 15.9 Å². The van der Waals surface area contributed by atoms with Crippen LogP contribution >= 0.6 is 0 Å². The van der Waals surface area contributed by atoms with E-state index in [4.69, 9.17) is 4.74 Å². The standard InChI is InChI=1S/C16H23FN2O4S/c1-23-15-7-5-12(10-14(15)17)6-8-16(20)18-13-4-3-9-19(11-13)24(2,21)22/h5,7,10,13H,3-4,6,8-9,11H2,1-2H3,(H,18,20). The van der Waals surface area contributed by atoms with Crippen LogP contribution < -0.4 is 10.1 Å². The Labute approximate surface area is 142 Å². The molecule has 2 rings (SSSR count). The SMILES string of the molecule is COc1ccc(CCC(=O)NC2CCCN(S(C)(=O)=O)C2)cc1F. The smallest absolute Gasteiger partial charge is 0.220 e. The first-order valence-corrected chi connectivity index (χ1v) is 9.71. The summed E-state index contributed by atoms with van der Waals surface area (Å²) in [5.74, 6) is -0.440. The van der Waals surface area contributed by atoms with Gasteiger partial charge in [-0.1, -0.05) is 6.07 Å². The highest BCUT2D eigenvalue weighted by Crippen LogP contribution is 2.18. The number of rotatable bonds is 6. The molecule has 1 atom stereocenters. The molecular weight excluding hydrogens is 335 g/mol. The van der Waals surface area contributed by atoms with Crippen molar-refractivity contribution in [1.82, 2.24) is 9.62 Å². The van der Waals surface area contributed by atoms with Crippen LogP contribution in [0.3, 0.4) is 0 Å². The average Bonchev–Trinajstić information content (AvgIpc) is 2.52. The zero-order valence-electron chi connectivity index (χ0n) is 13.9. The van der Waals surface area contributed by atoms with Crippen molar-refractivity contribution in [3.05, 3.63) is 29.6 Å². The fourth-order valence-corrected chi connectivity index (χ4v) is 3.70. The maximum absolute atomic E-state index is 13.6. The van der Waals surface area contributed by atoms with E-state index in [9.17, 15) is 17.6 Å². The molecule has 0 radical (unpaired) electrons. The molecule has 0 aromatic heterocycles. The van der Waals surface area contributed by atoms with E-state index in [-0.39, 0.29) is 24.1 Å². The second-order valence-electron chi connectivity index (χ2n) is 6.00. The van der Waals surface area contributed by atoms with Gasteiger partial charge in [0, 0.05) is 25.6 Å². The van der Waals surface area contributed by atoms with Crippen molar-refractivity contribution in [2.24, 2.45) is 0 Å². The van der Waals surface area contributed by atoms with E-state index < -0.39 is 15.8 Å². The number of methoxy groups -OCH3 is 1. The molecule has 1 fully saturated rings. The number of carbonyl (C=O) groups is 1. The molecule has 8 heteroatoms. The Kier molecular flexibility index (Phi) is 6.17. The number of carbonyl (C=O) groups excluding carboxylic acids is 1. The van der Waals surface area contributed by atoms with E-state index in [0.29, 0.717) is 25.1 Å². The molecule has 1 unspecified atom stereocenters. The Morgan fingerprint density at radius 1 is 1.46 bits per heavy atom. The molecule has 1 aliphatic rings. The summed E-state index contributed by atoms with van der Waals surface area (Å²) in [6.45, 7) is 0.804. The summed E-state index contributed by atoms with van der Waals surface area (Å²) in [6.07, 6.45) is 3.29. The number of nitrogens with one attached hydrogen (secondary N) is 1. The van der Waals surface area contributed by atoms with Crippen molar-refractivity contribution in [3.8, 4) is 5.75 Å². The lowest BCUT2D eigenvalue weighted by molar-refractivity contribution is -0.122. The van der Waals surface area contributed by atoms with Crippen LogP contribution in [-0.2, 0) is 21.2 Å². The summed E-state index contributed by atoms with van der Waals surface area (Å²) in [7, 11) is -1.83. The third-order valence-electron chi connectivity index (χ3n) is 4.08. The van der Waals surface area contributed by atoms with E-state index in [2.05, 4.69) is 5.32 Å². The molecule has 1 saturated heterocycles. The van der Waals surface area contributed by atoms with Crippen LogP contribution in [0.1, 0.15) is 24.8 Å². The highest BCUT2D eigenvalue weighted by Gasteiger charge is 2.26. The van der Waals surface area contributed by atoms with E-state index in [1.54, 1.807) is 6.07 Å². The molecule has 1 aromatic carbocycles. The fraction of sp³-hybridized carbons (Fsp3) is 0.562. The van der Waals surface area contributed by atoms with Gasteiger partial charge < -0.3 is 10.1 Å². The predicted octanol–water partition coefficient (Wildman–Crippen LogP) is 1.31. The number of aryl methyl sites for hydroxylation is 1. The van der Waals surface area contributed by atoms with Gasteiger partial charge in [0.15, 0.2) is 11.6 Å². The lowest BCUT2D eigenvalue weighted by Gasteiger charge is -2.31. The van der Waals surface area contributed by atoms with Crippen LogP contribution in [0.5, 0.6) is 5.75 Å². The molecule has 0 saturated carbocycles. The first kappa shape index (κ1) is 18.7. The van der Waals surface area contributed by atoms with E-state index in [1.165, 1.54) is 29.8 Å². The van der Waals surface area contributed by atoms with Crippen molar-refractivity contribution in [1.29, 1.82) is 0 Å². The second-order valence-corrected chi connectivity index (χ2v) is 7.98. The number of hydrogen-bond donors (Lipinski definition) is 1. The van der Waals surface area contributed by atoms with Crippen molar-refractivity contribution < 1.29 is 22.3 Å². The molecule has 0 spiro atoms. The summed E-state index contributed by atoms with van der Waals surface area (Å²) in [5, 5.41) is 2.86. The van der Waals surface area contributed by atoms with Gasteiger partial charge >= 0.3 is 0 Å². The lowest BCUT2D eigenvalue weighted by atomic mass is 10.1. The number of ether oxygens (including phenoxy) is 1. The Morgan fingerprint density at radius 3 is 2.83 bits per heavy atom. The molecule has 1 aliphatic heterocycles. The molecular formula is C16H23FN2O4S. The quantitative estimate of drug-likeness (QED) is 0.832. The minimum atomic E-state index is -3.23. The molecule has 0 aliphatic carbocycles. The van der Waals surface area contributed by atoms with E-state index in [1.807, 2.05) is 0 Å². The zero-order valence-corrected chi connectivity index (χ0v) is 14.7. The van der Waals surface area contributed by atoms with Gasteiger partial charge in [0.1, 0.15) is 0 Å². The van der Waals surface area contributed by atoms with Crippen molar-refractivity contribution in [2.75, 3.05) is 26.5 Å². The number of nitrogens with zero attached hydrogens (tertiary/aromatic N) is 1. The molecule has 1 amide bonds. The Bertz CT molecular complexity index is 693. The maximum Gasteiger partial charge on any atom is 0.220 e. The second kappa shape index (κ2) is 7.94. The van der Waals surface area contributed by atoms with Crippen molar-refractivity contribution in [2.45, 2.75) is 31.7 Å². The summed E-state index contributed by atoms with van der Waals surface area (Å²) in [5.41, 5.74) is 0.713. The van der Waals surface area contributed by atoms with E-state index in [0.717, 1.165) is 12.8 Å². The largest absolute Gasteiger partial charge is 0.494 e. The minimum absolute atomic E-state index is 0.161. The first-order valence-electron chi connectivity index (χ1n) is 7.86. The van der Waals surface area contributed by atoms with Gasteiger partial charge in [-0.2, -0.15) is 0 Å². The van der Waals surface area contributed by atoms with Crippen LogP contribution in [0, 0.1) is 5.82 Å². The van der Waals surface area contributed by atoms with Crippen LogP contribution in [-0.4, -0.2) is 51.1 Å². The van der Waals surface area contributed by atoms with Crippen molar-refractivity contribution in [3.63, 3.8) is 0 Å².